The summed E-state index contributed by atoms with van der Waals surface area (Å²) in [5.41, 5.74) is 3.82. The summed E-state index contributed by atoms with van der Waals surface area (Å²) >= 11 is 1.72. The molecule has 1 aromatic carbocycles. The van der Waals surface area contributed by atoms with Gasteiger partial charge in [0.1, 0.15) is 6.10 Å². The highest BCUT2D eigenvalue weighted by atomic mass is 32.1. The van der Waals surface area contributed by atoms with Crippen LogP contribution in [0.5, 0.6) is 0 Å². The summed E-state index contributed by atoms with van der Waals surface area (Å²) in [6.07, 6.45) is 0.102. The summed E-state index contributed by atoms with van der Waals surface area (Å²) in [5.74, 6) is 0.977. The number of nitrogens with zero attached hydrogens (tertiary/aromatic N) is 2. The van der Waals surface area contributed by atoms with Gasteiger partial charge in [0.05, 0.1) is 19.7 Å². The van der Waals surface area contributed by atoms with Gasteiger partial charge in [-0.3, -0.25) is 0 Å². The van der Waals surface area contributed by atoms with Gasteiger partial charge in [0.15, 0.2) is 5.96 Å². The zero-order valence-electron chi connectivity index (χ0n) is 14.4. The topological polar surface area (TPSA) is 36.9 Å². The van der Waals surface area contributed by atoms with E-state index in [1.54, 1.807) is 11.3 Å². The van der Waals surface area contributed by atoms with Gasteiger partial charge in [0.25, 0.3) is 0 Å². The number of aliphatic imine (C=N–C) groups is 1. The molecule has 2 heterocycles. The number of hydrogen-bond acceptors (Lipinski definition) is 3. The van der Waals surface area contributed by atoms with Crippen molar-refractivity contribution < 1.29 is 4.74 Å². The molecule has 1 N–H and O–H groups in total. The van der Waals surface area contributed by atoms with Crippen molar-refractivity contribution in [1.29, 1.82) is 0 Å². The van der Waals surface area contributed by atoms with E-state index >= 15 is 0 Å². The molecule has 1 aliphatic heterocycles. The molecule has 0 radical (unpaired) electrons. The fraction of sp³-hybridized carbons (Fsp3) is 0.421. The normalized spacial score (nSPS) is 18.7. The van der Waals surface area contributed by atoms with Crippen molar-refractivity contribution in [2.45, 2.75) is 26.5 Å². The lowest BCUT2D eigenvalue weighted by Gasteiger charge is -2.35. The average molecular weight is 343 g/mol. The third-order valence-corrected chi connectivity index (χ3v) is 4.96. The third-order valence-electron chi connectivity index (χ3n) is 4.23. The largest absolute Gasteiger partial charge is 0.370 e. The second-order valence-corrected chi connectivity index (χ2v) is 6.74. The van der Waals surface area contributed by atoms with Crippen molar-refractivity contribution in [3.8, 4) is 0 Å². The Morgan fingerprint density at radius 3 is 3.00 bits per heavy atom. The standard InChI is InChI=1S/C19H25N3OS/c1-3-20-19(21-12-16-8-11-24-14-16)22-9-10-23-18(13-22)17-7-5-4-6-15(17)2/h4-8,11,14,18H,3,9-10,12-13H2,1-2H3,(H,20,21). The van der Waals surface area contributed by atoms with Gasteiger partial charge >= 0.3 is 0 Å². The molecule has 24 heavy (non-hydrogen) atoms. The van der Waals surface area contributed by atoms with Crippen LogP contribution < -0.4 is 5.32 Å². The summed E-state index contributed by atoms with van der Waals surface area (Å²) in [6, 6.07) is 10.6. The maximum Gasteiger partial charge on any atom is 0.194 e. The first-order chi connectivity index (χ1) is 11.8. The number of guanidine groups is 1. The molecule has 2 aromatic rings. The van der Waals surface area contributed by atoms with Crippen LogP contribution in [0.4, 0.5) is 0 Å². The summed E-state index contributed by atoms with van der Waals surface area (Å²) in [6.45, 7) is 8.28. The molecule has 0 aliphatic carbocycles. The fourth-order valence-electron chi connectivity index (χ4n) is 2.95. The van der Waals surface area contributed by atoms with Gasteiger partial charge in [-0.2, -0.15) is 11.3 Å². The van der Waals surface area contributed by atoms with Gasteiger partial charge < -0.3 is 15.0 Å². The number of morpholine rings is 1. The van der Waals surface area contributed by atoms with Crippen molar-refractivity contribution in [3.05, 3.63) is 57.8 Å². The molecule has 1 fully saturated rings. The monoisotopic (exact) mass is 343 g/mol. The minimum atomic E-state index is 0.102. The van der Waals surface area contributed by atoms with E-state index in [0.29, 0.717) is 0 Å². The predicted molar refractivity (Wildman–Crippen MR) is 101 cm³/mol. The molecule has 0 spiro atoms. The molecule has 1 saturated heterocycles. The molecule has 1 unspecified atom stereocenters. The number of rotatable bonds is 4. The molecule has 1 aromatic heterocycles. The van der Waals surface area contributed by atoms with Gasteiger partial charge in [0.2, 0.25) is 0 Å². The SMILES string of the molecule is CCNC(=NCc1ccsc1)N1CCOC(c2ccccc2C)C1. The van der Waals surface area contributed by atoms with Crippen LogP contribution in [0.25, 0.3) is 0 Å². The highest BCUT2D eigenvalue weighted by Gasteiger charge is 2.25. The Labute approximate surface area is 148 Å². The minimum Gasteiger partial charge on any atom is -0.370 e. The smallest absolute Gasteiger partial charge is 0.194 e. The van der Waals surface area contributed by atoms with Gasteiger partial charge in [-0.25, -0.2) is 4.99 Å². The zero-order chi connectivity index (χ0) is 16.8. The Balaban J connectivity index is 1.73. The molecular weight excluding hydrogens is 318 g/mol. The van der Waals surface area contributed by atoms with Crippen LogP contribution >= 0.6 is 11.3 Å². The Morgan fingerprint density at radius 2 is 2.25 bits per heavy atom. The molecule has 1 atom stereocenters. The average Bonchev–Trinajstić information content (AvgIpc) is 3.13. The van der Waals surface area contributed by atoms with Crippen LogP contribution in [-0.4, -0.2) is 37.1 Å². The molecule has 5 heteroatoms. The zero-order valence-corrected chi connectivity index (χ0v) is 15.2. The second kappa shape index (κ2) is 8.31. The maximum absolute atomic E-state index is 6.03. The van der Waals surface area contributed by atoms with Crippen molar-refractivity contribution in [3.63, 3.8) is 0 Å². The minimum absolute atomic E-state index is 0.102. The van der Waals surface area contributed by atoms with Crippen molar-refractivity contribution in [2.75, 3.05) is 26.2 Å². The summed E-state index contributed by atoms with van der Waals surface area (Å²) < 4.78 is 6.03. The summed E-state index contributed by atoms with van der Waals surface area (Å²) in [5, 5.41) is 7.68. The Morgan fingerprint density at radius 1 is 1.38 bits per heavy atom. The van der Waals surface area contributed by atoms with Crippen LogP contribution in [0.1, 0.15) is 29.7 Å². The van der Waals surface area contributed by atoms with E-state index in [9.17, 15) is 0 Å². The Hall–Kier alpha value is -1.85. The highest BCUT2D eigenvalue weighted by molar-refractivity contribution is 7.07. The number of thiophene rings is 1. The number of nitrogens with one attached hydrogen (secondary N) is 1. The van der Waals surface area contributed by atoms with Crippen LogP contribution in [-0.2, 0) is 11.3 Å². The summed E-state index contributed by atoms with van der Waals surface area (Å²) in [4.78, 5) is 7.13. The summed E-state index contributed by atoms with van der Waals surface area (Å²) in [7, 11) is 0. The number of aryl methyl sites for hydroxylation is 1. The van der Waals surface area contributed by atoms with Gasteiger partial charge in [-0.1, -0.05) is 24.3 Å². The lowest BCUT2D eigenvalue weighted by molar-refractivity contribution is -0.00834. The molecule has 0 bridgehead atoms. The molecule has 3 rings (SSSR count). The molecule has 4 nitrogen and oxygen atoms in total. The highest BCUT2D eigenvalue weighted by Crippen LogP contribution is 2.25. The molecular formula is C19H25N3OS. The van der Waals surface area contributed by atoms with E-state index in [4.69, 9.17) is 9.73 Å². The van der Waals surface area contributed by atoms with Crippen LogP contribution in [0, 0.1) is 6.92 Å². The van der Waals surface area contributed by atoms with E-state index in [1.807, 2.05) is 0 Å². The first-order valence-corrected chi connectivity index (χ1v) is 9.43. The van der Waals surface area contributed by atoms with Gasteiger partial charge in [-0.15, -0.1) is 0 Å². The van der Waals surface area contributed by atoms with Crippen LogP contribution in [0.15, 0.2) is 46.1 Å². The number of benzene rings is 1. The Kier molecular flexibility index (Phi) is 5.88. The lowest BCUT2D eigenvalue weighted by atomic mass is 10.0. The Bertz CT molecular complexity index is 669. The van der Waals surface area contributed by atoms with Gasteiger partial charge in [-0.05, 0) is 47.4 Å². The first-order valence-electron chi connectivity index (χ1n) is 8.49. The molecule has 128 valence electrons. The van der Waals surface area contributed by atoms with E-state index in [0.717, 1.165) is 38.7 Å². The van der Waals surface area contributed by atoms with Crippen molar-refractivity contribution >= 4 is 17.3 Å². The molecule has 0 amide bonds. The van der Waals surface area contributed by atoms with Crippen LogP contribution in [0.2, 0.25) is 0 Å². The van der Waals surface area contributed by atoms with E-state index in [1.165, 1.54) is 16.7 Å². The molecule has 0 saturated carbocycles. The van der Waals surface area contributed by atoms with E-state index in [2.05, 4.69) is 65.2 Å². The van der Waals surface area contributed by atoms with E-state index in [-0.39, 0.29) is 6.10 Å². The van der Waals surface area contributed by atoms with E-state index < -0.39 is 0 Å². The number of hydrogen-bond donors (Lipinski definition) is 1. The third kappa shape index (κ3) is 4.16. The van der Waals surface area contributed by atoms with Crippen molar-refractivity contribution in [1.82, 2.24) is 10.2 Å². The van der Waals surface area contributed by atoms with Gasteiger partial charge in [0, 0.05) is 13.1 Å². The number of ether oxygens (including phenoxy) is 1. The van der Waals surface area contributed by atoms with Crippen LogP contribution in [0.3, 0.4) is 0 Å². The maximum atomic E-state index is 6.03. The first kappa shape index (κ1) is 17.0. The second-order valence-electron chi connectivity index (χ2n) is 5.96. The molecule has 1 aliphatic rings. The fourth-order valence-corrected chi connectivity index (χ4v) is 3.61. The predicted octanol–water partition coefficient (Wildman–Crippen LogP) is 3.60. The lowest BCUT2D eigenvalue weighted by Crippen LogP contribution is -2.48. The van der Waals surface area contributed by atoms with Crippen molar-refractivity contribution in [2.24, 2.45) is 4.99 Å². The quantitative estimate of drug-likeness (QED) is 0.681.